The van der Waals surface area contributed by atoms with Gasteiger partial charge in [-0.25, -0.2) is 4.68 Å². The van der Waals surface area contributed by atoms with Crippen LogP contribution in [-0.4, -0.2) is 58.0 Å². The van der Waals surface area contributed by atoms with Crippen LogP contribution in [0.25, 0.3) is 0 Å². The van der Waals surface area contributed by atoms with Crippen molar-refractivity contribution in [3.05, 3.63) is 47.8 Å². The Labute approximate surface area is 160 Å². The zero-order valence-corrected chi connectivity index (χ0v) is 15.7. The topological polar surface area (TPSA) is 75.1 Å². The van der Waals surface area contributed by atoms with Crippen molar-refractivity contribution in [2.24, 2.45) is 0 Å². The summed E-state index contributed by atoms with van der Waals surface area (Å²) >= 11 is 0. The standard InChI is InChI=1S/C20H28N6O/c27-20(19-15-26(24-23-19)17-8-10-21-11-9-17)22-13-18-7-4-12-25(18)14-16-5-2-1-3-6-16/h1-3,5-6,15,17-18,21H,4,7-14H2,(H,22,27). The maximum Gasteiger partial charge on any atom is 0.273 e. The summed E-state index contributed by atoms with van der Waals surface area (Å²) in [5, 5.41) is 14.7. The van der Waals surface area contributed by atoms with Gasteiger partial charge in [-0.15, -0.1) is 5.10 Å². The van der Waals surface area contributed by atoms with Crippen LogP contribution < -0.4 is 10.6 Å². The highest BCUT2D eigenvalue weighted by Gasteiger charge is 2.25. The van der Waals surface area contributed by atoms with Gasteiger partial charge in [0.25, 0.3) is 5.91 Å². The van der Waals surface area contributed by atoms with Crippen LogP contribution in [0.15, 0.2) is 36.5 Å². The number of nitrogens with one attached hydrogen (secondary N) is 2. The van der Waals surface area contributed by atoms with E-state index in [2.05, 4.69) is 50.1 Å². The molecule has 0 saturated carbocycles. The molecule has 0 aliphatic carbocycles. The minimum absolute atomic E-state index is 0.123. The second-order valence-electron chi connectivity index (χ2n) is 7.53. The predicted octanol–water partition coefficient (Wildman–Crippen LogP) is 1.60. The molecule has 2 aliphatic rings. The molecule has 2 N–H and O–H groups in total. The number of hydrogen-bond donors (Lipinski definition) is 2. The Morgan fingerprint density at radius 2 is 2.00 bits per heavy atom. The first kappa shape index (κ1) is 18.1. The van der Waals surface area contributed by atoms with Crippen LogP contribution in [-0.2, 0) is 6.54 Å². The molecule has 1 atom stereocenters. The number of rotatable bonds is 6. The third-order valence-corrected chi connectivity index (χ3v) is 5.65. The van der Waals surface area contributed by atoms with Crippen LogP contribution in [0.1, 0.15) is 47.8 Å². The number of carbonyl (C=O) groups excluding carboxylic acids is 1. The van der Waals surface area contributed by atoms with Gasteiger partial charge in [-0.3, -0.25) is 9.69 Å². The van der Waals surface area contributed by atoms with Crippen LogP contribution in [0.5, 0.6) is 0 Å². The molecule has 0 spiro atoms. The lowest BCUT2D eigenvalue weighted by Crippen LogP contribution is -2.39. The Bertz CT molecular complexity index is 740. The minimum atomic E-state index is -0.123. The molecule has 3 heterocycles. The van der Waals surface area contributed by atoms with Crippen LogP contribution in [0, 0.1) is 0 Å². The van der Waals surface area contributed by atoms with Gasteiger partial charge in [0.2, 0.25) is 0 Å². The highest BCUT2D eigenvalue weighted by molar-refractivity contribution is 5.91. The third kappa shape index (κ3) is 4.54. The van der Waals surface area contributed by atoms with E-state index < -0.39 is 0 Å². The van der Waals surface area contributed by atoms with Crippen molar-refractivity contribution in [1.29, 1.82) is 0 Å². The number of nitrogens with zero attached hydrogens (tertiary/aromatic N) is 4. The monoisotopic (exact) mass is 368 g/mol. The van der Waals surface area contributed by atoms with Gasteiger partial charge in [0.05, 0.1) is 12.2 Å². The molecule has 1 amide bonds. The lowest BCUT2D eigenvalue weighted by atomic mass is 10.1. The minimum Gasteiger partial charge on any atom is -0.349 e. The summed E-state index contributed by atoms with van der Waals surface area (Å²) in [7, 11) is 0. The van der Waals surface area contributed by atoms with E-state index in [4.69, 9.17) is 0 Å². The number of likely N-dealkylation sites (tertiary alicyclic amines) is 1. The summed E-state index contributed by atoms with van der Waals surface area (Å²) < 4.78 is 1.85. The Kier molecular flexibility index (Phi) is 5.79. The molecule has 2 aliphatic heterocycles. The quantitative estimate of drug-likeness (QED) is 0.810. The number of piperidine rings is 1. The summed E-state index contributed by atoms with van der Waals surface area (Å²) in [4.78, 5) is 15.0. The van der Waals surface area contributed by atoms with E-state index in [0.717, 1.165) is 45.4 Å². The predicted molar refractivity (Wildman–Crippen MR) is 103 cm³/mol. The Morgan fingerprint density at radius 3 is 2.81 bits per heavy atom. The Hall–Kier alpha value is -2.25. The van der Waals surface area contributed by atoms with E-state index in [1.807, 2.05) is 10.7 Å². The molecule has 27 heavy (non-hydrogen) atoms. The van der Waals surface area contributed by atoms with E-state index in [9.17, 15) is 4.79 Å². The van der Waals surface area contributed by atoms with Gasteiger partial charge in [-0.2, -0.15) is 0 Å². The van der Waals surface area contributed by atoms with Gasteiger partial charge < -0.3 is 10.6 Å². The highest BCUT2D eigenvalue weighted by atomic mass is 16.2. The maximum atomic E-state index is 12.5. The van der Waals surface area contributed by atoms with Crippen molar-refractivity contribution in [2.45, 2.75) is 44.3 Å². The largest absolute Gasteiger partial charge is 0.349 e. The fourth-order valence-electron chi connectivity index (χ4n) is 4.08. The molecule has 0 bridgehead atoms. The molecule has 2 saturated heterocycles. The summed E-state index contributed by atoms with van der Waals surface area (Å²) in [6.07, 6.45) is 6.15. The normalized spacial score (nSPS) is 21.4. The molecule has 1 unspecified atom stereocenters. The van der Waals surface area contributed by atoms with E-state index >= 15 is 0 Å². The average molecular weight is 368 g/mol. The SMILES string of the molecule is O=C(NCC1CCCN1Cc1ccccc1)c1cn(C2CCNCC2)nn1. The van der Waals surface area contributed by atoms with Crippen LogP contribution >= 0.6 is 0 Å². The number of aromatic nitrogens is 3. The van der Waals surface area contributed by atoms with Crippen LogP contribution in [0.2, 0.25) is 0 Å². The van der Waals surface area contributed by atoms with Gasteiger partial charge in [0.1, 0.15) is 0 Å². The van der Waals surface area contributed by atoms with Crippen molar-refractivity contribution in [1.82, 2.24) is 30.5 Å². The van der Waals surface area contributed by atoms with Crippen LogP contribution in [0.4, 0.5) is 0 Å². The third-order valence-electron chi connectivity index (χ3n) is 5.65. The molecule has 2 aromatic rings. The molecular formula is C20H28N6O. The first-order chi connectivity index (χ1) is 13.3. The highest BCUT2D eigenvalue weighted by Crippen LogP contribution is 2.20. The number of amides is 1. The first-order valence-corrected chi connectivity index (χ1v) is 9.98. The molecule has 0 radical (unpaired) electrons. The Balaban J connectivity index is 1.30. The van der Waals surface area contributed by atoms with E-state index in [1.165, 1.54) is 12.0 Å². The second kappa shape index (κ2) is 8.63. The Morgan fingerprint density at radius 1 is 1.19 bits per heavy atom. The van der Waals surface area contributed by atoms with Crippen molar-refractivity contribution >= 4 is 5.91 Å². The fourth-order valence-corrected chi connectivity index (χ4v) is 4.08. The van der Waals surface area contributed by atoms with Crippen molar-refractivity contribution in [2.75, 3.05) is 26.2 Å². The van der Waals surface area contributed by atoms with Gasteiger partial charge in [0, 0.05) is 19.1 Å². The molecule has 7 nitrogen and oxygen atoms in total. The zero-order chi connectivity index (χ0) is 18.5. The number of carbonyl (C=O) groups is 1. The summed E-state index contributed by atoms with van der Waals surface area (Å²) in [5.41, 5.74) is 1.74. The van der Waals surface area contributed by atoms with Gasteiger partial charge in [-0.1, -0.05) is 35.5 Å². The van der Waals surface area contributed by atoms with Crippen molar-refractivity contribution < 1.29 is 4.79 Å². The molecular weight excluding hydrogens is 340 g/mol. The maximum absolute atomic E-state index is 12.5. The summed E-state index contributed by atoms with van der Waals surface area (Å²) in [6.45, 7) is 4.66. The smallest absolute Gasteiger partial charge is 0.273 e. The summed E-state index contributed by atoms with van der Waals surface area (Å²) in [6, 6.07) is 11.2. The summed E-state index contributed by atoms with van der Waals surface area (Å²) in [5.74, 6) is -0.123. The van der Waals surface area contributed by atoms with E-state index in [0.29, 0.717) is 24.3 Å². The number of benzene rings is 1. The molecule has 2 fully saturated rings. The van der Waals surface area contributed by atoms with Crippen molar-refractivity contribution in [3.63, 3.8) is 0 Å². The molecule has 4 rings (SSSR count). The lowest BCUT2D eigenvalue weighted by molar-refractivity contribution is 0.0934. The zero-order valence-electron chi connectivity index (χ0n) is 15.7. The van der Waals surface area contributed by atoms with Gasteiger partial charge >= 0.3 is 0 Å². The molecule has 1 aromatic carbocycles. The fraction of sp³-hybridized carbons (Fsp3) is 0.550. The lowest BCUT2D eigenvalue weighted by Gasteiger charge is -2.24. The van der Waals surface area contributed by atoms with Gasteiger partial charge in [0.15, 0.2) is 5.69 Å². The average Bonchev–Trinajstić information content (AvgIpc) is 3.37. The molecule has 1 aromatic heterocycles. The molecule has 7 heteroatoms. The molecule has 144 valence electrons. The number of hydrogen-bond acceptors (Lipinski definition) is 5. The van der Waals surface area contributed by atoms with E-state index in [-0.39, 0.29) is 5.91 Å². The first-order valence-electron chi connectivity index (χ1n) is 9.98. The van der Waals surface area contributed by atoms with Crippen LogP contribution in [0.3, 0.4) is 0 Å². The van der Waals surface area contributed by atoms with Gasteiger partial charge in [-0.05, 0) is 50.9 Å². The van der Waals surface area contributed by atoms with E-state index in [1.54, 1.807) is 6.20 Å². The van der Waals surface area contributed by atoms with Crippen molar-refractivity contribution in [3.8, 4) is 0 Å². The second-order valence-corrected chi connectivity index (χ2v) is 7.53.